The quantitative estimate of drug-likeness (QED) is 0.691. The van der Waals surface area contributed by atoms with E-state index in [1.54, 1.807) is 7.05 Å². The molecular formula is C9H12FNO2. The van der Waals surface area contributed by atoms with Crippen molar-refractivity contribution in [2.75, 3.05) is 14.2 Å². The normalized spacial score (nSPS) is 12.6. The lowest BCUT2D eigenvalue weighted by molar-refractivity contribution is 0.145. The molecule has 3 nitrogen and oxygen atoms in total. The molecule has 1 unspecified atom stereocenters. The molecule has 1 rings (SSSR count). The number of rotatable bonds is 3. The van der Waals surface area contributed by atoms with Crippen LogP contribution in [0.3, 0.4) is 0 Å². The van der Waals surface area contributed by atoms with E-state index >= 15 is 0 Å². The van der Waals surface area contributed by atoms with Crippen LogP contribution in [0.1, 0.15) is 11.8 Å². The number of aliphatic hydroxyl groups excluding tert-OH is 1. The number of nitrogens with one attached hydrogen (secondary N) is 1. The van der Waals surface area contributed by atoms with Crippen LogP contribution >= 0.6 is 0 Å². The van der Waals surface area contributed by atoms with E-state index in [1.807, 2.05) is 0 Å². The molecule has 72 valence electrons. The summed E-state index contributed by atoms with van der Waals surface area (Å²) in [5.41, 5.74) is 0.394. The van der Waals surface area contributed by atoms with Crippen LogP contribution in [0.5, 0.6) is 5.75 Å². The summed E-state index contributed by atoms with van der Waals surface area (Å²) in [4.78, 5) is 0. The fourth-order valence-corrected chi connectivity index (χ4v) is 1.07. The molecule has 13 heavy (non-hydrogen) atoms. The summed E-state index contributed by atoms with van der Waals surface area (Å²) < 4.78 is 17.7. The molecule has 0 aliphatic rings. The summed E-state index contributed by atoms with van der Waals surface area (Å²) in [5.74, 6) is 0.0633. The van der Waals surface area contributed by atoms with Crippen molar-refractivity contribution in [3.63, 3.8) is 0 Å². The van der Waals surface area contributed by atoms with Crippen molar-refractivity contribution in [2.24, 2.45) is 0 Å². The zero-order valence-electron chi connectivity index (χ0n) is 7.54. The largest absolute Gasteiger partial charge is 0.496 e. The first kappa shape index (κ1) is 9.95. The molecule has 0 saturated carbocycles. The summed E-state index contributed by atoms with van der Waals surface area (Å²) in [6.07, 6.45) is -0.911. The van der Waals surface area contributed by atoms with Crippen LogP contribution in [0.25, 0.3) is 0 Å². The Hall–Kier alpha value is -1.13. The lowest BCUT2D eigenvalue weighted by Crippen LogP contribution is -2.16. The Morgan fingerprint density at radius 2 is 2.23 bits per heavy atom. The topological polar surface area (TPSA) is 41.5 Å². The van der Waals surface area contributed by atoms with Gasteiger partial charge in [0, 0.05) is 5.56 Å². The van der Waals surface area contributed by atoms with E-state index in [0.717, 1.165) is 0 Å². The van der Waals surface area contributed by atoms with Crippen LogP contribution < -0.4 is 10.1 Å². The molecule has 0 aromatic heterocycles. The first-order valence-corrected chi connectivity index (χ1v) is 3.87. The summed E-state index contributed by atoms with van der Waals surface area (Å²) in [6, 6.07) is 4.00. The number of methoxy groups -OCH3 is 1. The number of aliphatic hydroxyl groups is 1. The van der Waals surface area contributed by atoms with Crippen LogP contribution in [-0.2, 0) is 0 Å². The van der Waals surface area contributed by atoms with Crippen molar-refractivity contribution < 1.29 is 14.2 Å². The standard InChI is InChI=1S/C9H12FNO2/c1-11-9(12)7-5-6(10)3-4-8(7)13-2/h3-5,9,11-12H,1-2H3. The molecule has 0 heterocycles. The van der Waals surface area contributed by atoms with E-state index in [1.165, 1.54) is 25.3 Å². The maximum absolute atomic E-state index is 12.8. The van der Waals surface area contributed by atoms with Gasteiger partial charge >= 0.3 is 0 Å². The zero-order chi connectivity index (χ0) is 9.84. The fraction of sp³-hybridized carbons (Fsp3) is 0.333. The van der Waals surface area contributed by atoms with Crippen molar-refractivity contribution >= 4 is 0 Å². The van der Waals surface area contributed by atoms with Crippen LogP contribution in [0, 0.1) is 5.82 Å². The third-order valence-electron chi connectivity index (χ3n) is 1.76. The summed E-state index contributed by atoms with van der Waals surface area (Å²) in [5, 5.41) is 12.0. The molecule has 0 bridgehead atoms. The molecule has 2 N–H and O–H groups in total. The van der Waals surface area contributed by atoms with Gasteiger partial charge < -0.3 is 9.84 Å². The van der Waals surface area contributed by atoms with Crippen molar-refractivity contribution in [3.05, 3.63) is 29.6 Å². The fourth-order valence-electron chi connectivity index (χ4n) is 1.07. The Morgan fingerprint density at radius 1 is 1.54 bits per heavy atom. The van der Waals surface area contributed by atoms with E-state index in [0.29, 0.717) is 11.3 Å². The molecule has 0 spiro atoms. The second-order valence-electron chi connectivity index (χ2n) is 2.58. The third kappa shape index (κ3) is 2.17. The highest BCUT2D eigenvalue weighted by Crippen LogP contribution is 2.23. The molecule has 0 radical (unpaired) electrons. The third-order valence-corrected chi connectivity index (χ3v) is 1.76. The van der Waals surface area contributed by atoms with Crippen molar-refractivity contribution in [1.82, 2.24) is 5.32 Å². The van der Waals surface area contributed by atoms with Crippen LogP contribution in [0.15, 0.2) is 18.2 Å². The van der Waals surface area contributed by atoms with E-state index in [4.69, 9.17) is 4.74 Å². The van der Waals surface area contributed by atoms with Gasteiger partial charge in [0.2, 0.25) is 0 Å². The Bertz CT molecular complexity index is 291. The smallest absolute Gasteiger partial charge is 0.134 e. The zero-order valence-corrected chi connectivity index (χ0v) is 7.54. The van der Waals surface area contributed by atoms with Crippen molar-refractivity contribution in [1.29, 1.82) is 0 Å². The Morgan fingerprint density at radius 3 is 2.77 bits per heavy atom. The number of ether oxygens (including phenoxy) is 1. The minimum Gasteiger partial charge on any atom is -0.496 e. The molecule has 0 saturated heterocycles. The van der Waals surface area contributed by atoms with Crippen molar-refractivity contribution in [3.8, 4) is 5.75 Å². The van der Waals surface area contributed by atoms with E-state index < -0.39 is 12.0 Å². The first-order valence-electron chi connectivity index (χ1n) is 3.87. The number of hydrogen-bond donors (Lipinski definition) is 2. The first-order chi connectivity index (χ1) is 6.19. The molecule has 0 amide bonds. The molecule has 1 aromatic rings. The lowest BCUT2D eigenvalue weighted by Gasteiger charge is -2.13. The molecule has 0 aliphatic heterocycles. The van der Waals surface area contributed by atoms with E-state index in [2.05, 4.69) is 5.32 Å². The van der Waals surface area contributed by atoms with Gasteiger partial charge in [0.25, 0.3) is 0 Å². The lowest BCUT2D eigenvalue weighted by atomic mass is 10.1. The molecular weight excluding hydrogens is 173 g/mol. The average molecular weight is 185 g/mol. The maximum Gasteiger partial charge on any atom is 0.134 e. The summed E-state index contributed by atoms with van der Waals surface area (Å²) in [7, 11) is 3.05. The van der Waals surface area contributed by atoms with Crippen LogP contribution in [-0.4, -0.2) is 19.3 Å². The van der Waals surface area contributed by atoms with Gasteiger partial charge in [-0.05, 0) is 25.2 Å². The minimum absolute atomic E-state index is 0.394. The van der Waals surface area contributed by atoms with Crippen LogP contribution in [0.4, 0.5) is 4.39 Å². The summed E-state index contributed by atoms with van der Waals surface area (Å²) >= 11 is 0. The second-order valence-corrected chi connectivity index (χ2v) is 2.58. The SMILES string of the molecule is CNC(O)c1cc(F)ccc1OC. The van der Waals surface area contributed by atoms with Gasteiger partial charge in [-0.15, -0.1) is 0 Å². The van der Waals surface area contributed by atoms with Gasteiger partial charge in [-0.2, -0.15) is 0 Å². The number of halogens is 1. The number of hydrogen-bond acceptors (Lipinski definition) is 3. The van der Waals surface area contributed by atoms with Crippen LogP contribution in [0.2, 0.25) is 0 Å². The number of benzene rings is 1. The highest BCUT2D eigenvalue weighted by atomic mass is 19.1. The molecule has 4 heteroatoms. The minimum atomic E-state index is -0.911. The van der Waals surface area contributed by atoms with Gasteiger partial charge in [0.05, 0.1) is 7.11 Å². The monoisotopic (exact) mass is 185 g/mol. The van der Waals surface area contributed by atoms with E-state index in [-0.39, 0.29) is 0 Å². The van der Waals surface area contributed by atoms with Gasteiger partial charge in [0.1, 0.15) is 17.8 Å². The molecule has 1 atom stereocenters. The second kappa shape index (κ2) is 4.20. The van der Waals surface area contributed by atoms with Crippen molar-refractivity contribution in [2.45, 2.75) is 6.23 Å². The Balaban J connectivity index is 3.07. The van der Waals surface area contributed by atoms with Gasteiger partial charge in [-0.3, -0.25) is 5.32 Å². The Labute approximate surface area is 76.1 Å². The van der Waals surface area contributed by atoms with E-state index in [9.17, 15) is 9.50 Å². The van der Waals surface area contributed by atoms with Gasteiger partial charge in [0.15, 0.2) is 0 Å². The molecule has 1 aromatic carbocycles. The Kier molecular flexibility index (Phi) is 3.22. The maximum atomic E-state index is 12.8. The molecule has 0 fully saturated rings. The predicted octanol–water partition coefficient (Wildman–Crippen LogP) is 1.04. The highest BCUT2D eigenvalue weighted by Gasteiger charge is 2.11. The highest BCUT2D eigenvalue weighted by molar-refractivity contribution is 5.35. The average Bonchev–Trinajstić information content (AvgIpc) is 2.16. The molecule has 0 aliphatic carbocycles. The van der Waals surface area contributed by atoms with Gasteiger partial charge in [-0.1, -0.05) is 0 Å². The summed E-state index contributed by atoms with van der Waals surface area (Å²) in [6.45, 7) is 0. The predicted molar refractivity (Wildman–Crippen MR) is 47.0 cm³/mol. The van der Waals surface area contributed by atoms with Gasteiger partial charge in [-0.25, -0.2) is 4.39 Å².